The zero-order valence-electron chi connectivity index (χ0n) is 9.41. The summed E-state index contributed by atoms with van der Waals surface area (Å²) in [6.07, 6.45) is -4.23. The molecule has 1 aromatic heterocycles. The van der Waals surface area contributed by atoms with Crippen molar-refractivity contribution in [3.8, 4) is 0 Å². The lowest BCUT2D eigenvalue weighted by Gasteiger charge is -2.09. The number of hydrogen-bond donors (Lipinski definition) is 0. The summed E-state index contributed by atoms with van der Waals surface area (Å²) in [5.74, 6) is -1.11. The highest BCUT2D eigenvalue weighted by atomic mass is 19.4. The molecule has 0 aliphatic heterocycles. The van der Waals surface area contributed by atoms with Crippen LogP contribution in [0.4, 0.5) is 13.2 Å². The van der Waals surface area contributed by atoms with Crippen molar-refractivity contribution in [1.82, 2.24) is 15.0 Å². The molecule has 0 saturated carbocycles. The fourth-order valence-electron chi connectivity index (χ4n) is 1.30. The van der Waals surface area contributed by atoms with Gasteiger partial charge in [-0.15, -0.1) is 5.10 Å². The first-order chi connectivity index (χ1) is 7.91. The monoisotopic (exact) mass is 251 g/mol. The molecule has 1 aromatic rings. The van der Waals surface area contributed by atoms with E-state index in [1.54, 1.807) is 6.92 Å². The van der Waals surface area contributed by atoms with E-state index >= 15 is 0 Å². The van der Waals surface area contributed by atoms with Crippen LogP contribution in [-0.4, -0.2) is 27.6 Å². The van der Waals surface area contributed by atoms with Crippen LogP contribution in [0.5, 0.6) is 0 Å². The molecule has 1 rings (SSSR count). The number of carbonyl (C=O) groups excluding carboxylic acids is 1. The van der Waals surface area contributed by atoms with E-state index in [4.69, 9.17) is 0 Å². The molecule has 96 valence electrons. The number of rotatable bonds is 4. The van der Waals surface area contributed by atoms with Crippen LogP contribution in [0.1, 0.15) is 36.5 Å². The third kappa shape index (κ3) is 2.95. The van der Waals surface area contributed by atoms with Gasteiger partial charge in [0.25, 0.3) is 0 Å². The van der Waals surface area contributed by atoms with Crippen LogP contribution in [0.3, 0.4) is 0 Å². The molecule has 0 radical (unpaired) electrons. The molecular weight excluding hydrogens is 239 g/mol. The van der Waals surface area contributed by atoms with E-state index in [2.05, 4.69) is 15.0 Å². The van der Waals surface area contributed by atoms with E-state index in [1.165, 1.54) is 6.92 Å². The Kier molecular flexibility index (Phi) is 4.08. The second-order valence-electron chi connectivity index (χ2n) is 3.23. The molecule has 0 saturated heterocycles. The zero-order chi connectivity index (χ0) is 13.1. The van der Waals surface area contributed by atoms with Gasteiger partial charge in [0.1, 0.15) is 0 Å². The summed E-state index contributed by atoms with van der Waals surface area (Å²) in [7, 11) is 0. The van der Waals surface area contributed by atoms with Gasteiger partial charge < -0.3 is 4.74 Å². The fourth-order valence-corrected chi connectivity index (χ4v) is 1.30. The van der Waals surface area contributed by atoms with Gasteiger partial charge in [0.05, 0.1) is 6.61 Å². The Balaban J connectivity index is 3.18. The van der Waals surface area contributed by atoms with Gasteiger partial charge >= 0.3 is 12.1 Å². The molecule has 0 spiro atoms. The summed E-state index contributed by atoms with van der Waals surface area (Å²) in [6.45, 7) is 3.23. The van der Waals surface area contributed by atoms with Crippen molar-refractivity contribution in [2.45, 2.75) is 33.0 Å². The van der Waals surface area contributed by atoms with Gasteiger partial charge in [-0.1, -0.05) is 12.1 Å². The molecule has 0 aliphatic rings. The van der Waals surface area contributed by atoms with Gasteiger partial charge in [-0.2, -0.15) is 13.2 Å². The number of carbonyl (C=O) groups is 1. The zero-order valence-corrected chi connectivity index (χ0v) is 9.41. The Hall–Kier alpha value is -1.60. The highest BCUT2D eigenvalue weighted by Crippen LogP contribution is 2.31. The summed E-state index contributed by atoms with van der Waals surface area (Å²) in [5.41, 5.74) is -1.94. The lowest BCUT2D eigenvalue weighted by molar-refractivity contribution is -0.144. The molecule has 8 heteroatoms. The molecule has 0 N–H and O–H groups in total. The topological polar surface area (TPSA) is 57.0 Å². The molecule has 17 heavy (non-hydrogen) atoms. The van der Waals surface area contributed by atoms with Gasteiger partial charge in [0.2, 0.25) is 5.69 Å². The predicted octanol–water partition coefficient (Wildman–Crippen LogP) is 1.88. The summed E-state index contributed by atoms with van der Waals surface area (Å²) in [5, 5.41) is 6.56. The van der Waals surface area contributed by atoms with Crippen LogP contribution >= 0.6 is 0 Å². The van der Waals surface area contributed by atoms with Crippen LogP contribution in [0.25, 0.3) is 0 Å². The molecule has 5 nitrogen and oxygen atoms in total. The fraction of sp³-hybridized carbons (Fsp3) is 0.667. The van der Waals surface area contributed by atoms with Crippen molar-refractivity contribution in [3.05, 3.63) is 11.4 Å². The maximum Gasteiger partial charge on any atom is 0.435 e. The summed E-state index contributed by atoms with van der Waals surface area (Å²) >= 11 is 0. The summed E-state index contributed by atoms with van der Waals surface area (Å²) in [4.78, 5) is 11.3. The lowest BCUT2D eigenvalue weighted by atomic mass is 10.3. The highest BCUT2D eigenvalue weighted by Gasteiger charge is 2.41. The number of aromatic nitrogens is 3. The number of hydrogen-bond acceptors (Lipinski definition) is 4. The Morgan fingerprint density at radius 3 is 2.53 bits per heavy atom. The van der Waals surface area contributed by atoms with Crippen molar-refractivity contribution < 1.29 is 22.7 Å². The van der Waals surface area contributed by atoms with Crippen LogP contribution in [0.2, 0.25) is 0 Å². The Labute approximate surface area is 95.6 Å². The second kappa shape index (κ2) is 5.15. The maximum atomic E-state index is 12.8. The Morgan fingerprint density at radius 2 is 2.06 bits per heavy atom. The van der Waals surface area contributed by atoms with Gasteiger partial charge in [-0.25, -0.2) is 9.48 Å². The normalized spacial score (nSPS) is 11.6. The first-order valence-corrected chi connectivity index (χ1v) is 5.09. The summed E-state index contributed by atoms with van der Waals surface area (Å²) in [6, 6.07) is 0. The largest absolute Gasteiger partial charge is 0.461 e. The van der Waals surface area contributed by atoms with Gasteiger partial charge in [0.15, 0.2) is 5.69 Å². The molecular formula is C9H12F3N3O2. The highest BCUT2D eigenvalue weighted by molar-refractivity contribution is 5.88. The standard InChI is InChI=1S/C9H12F3N3O2/c1-3-5-15-7(9(10,11)12)6(13-14-15)8(16)17-4-2/h3-5H2,1-2H3. The minimum absolute atomic E-state index is 0.0171. The molecule has 0 bridgehead atoms. The van der Waals surface area contributed by atoms with Gasteiger partial charge in [0, 0.05) is 6.54 Å². The average Bonchev–Trinajstić information content (AvgIpc) is 2.62. The number of aryl methyl sites for hydroxylation is 1. The van der Waals surface area contributed by atoms with Crippen molar-refractivity contribution in [2.75, 3.05) is 6.61 Å². The van der Waals surface area contributed by atoms with Crippen LogP contribution < -0.4 is 0 Å². The maximum absolute atomic E-state index is 12.8. The van der Waals surface area contributed by atoms with E-state index in [0.29, 0.717) is 11.1 Å². The third-order valence-corrected chi connectivity index (χ3v) is 1.91. The SMILES string of the molecule is CCCn1nnc(C(=O)OCC)c1C(F)(F)F. The van der Waals surface area contributed by atoms with E-state index in [1.807, 2.05) is 0 Å². The molecule has 0 aromatic carbocycles. The number of halogens is 3. The van der Waals surface area contributed by atoms with Gasteiger partial charge in [-0.05, 0) is 13.3 Å². The minimum Gasteiger partial charge on any atom is -0.461 e. The number of ether oxygens (including phenoxy) is 1. The van der Waals surface area contributed by atoms with Crippen molar-refractivity contribution >= 4 is 5.97 Å². The molecule has 1 heterocycles. The number of esters is 1. The average molecular weight is 251 g/mol. The van der Waals surface area contributed by atoms with E-state index < -0.39 is 23.5 Å². The quantitative estimate of drug-likeness (QED) is 0.767. The van der Waals surface area contributed by atoms with Crippen molar-refractivity contribution in [1.29, 1.82) is 0 Å². The summed E-state index contributed by atoms with van der Waals surface area (Å²) < 4.78 is 43.4. The van der Waals surface area contributed by atoms with E-state index in [9.17, 15) is 18.0 Å². The van der Waals surface area contributed by atoms with Crippen molar-refractivity contribution in [2.24, 2.45) is 0 Å². The van der Waals surface area contributed by atoms with E-state index in [0.717, 1.165) is 0 Å². The van der Waals surface area contributed by atoms with Crippen LogP contribution in [0, 0.1) is 0 Å². The lowest BCUT2D eigenvalue weighted by Crippen LogP contribution is -2.19. The molecule has 0 atom stereocenters. The number of nitrogens with zero attached hydrogens (tertiary/aromatic N) is 3. The van der Waals surface area contributed by atoms with Crippen LogP contribution in [-0.2, 0) is 17.5 Å². The Morgan fingerprint density at radius 1 is 1.41 bits per heavy atom. The first-order valence-electron chi connectivity index (χ1n) is 5.09. The minimum atomic E-state index is -4.68. The first kappa shape index (κ1) is 13.5. The number of alkyl halides is 3. The molecule has 0 amide bonds. The van der Waals surface area contributed by atoms with Crippen LogP contribution in [0.15, 0.2) is 0 Å². The third-order valence-electron chi connectivity index (χ3n) is 1.91. The molecule has 0 fully saturated rings. The second-order valence-corrected chi connectivity index (χ2v) is 3.23. The smallest absolute Gasteiger partial charge is 0.435 e. The van der Waals surface area contributed by atoms with Crippen molar-refractivity contribution in [3.63, 3.8) is 0 Å². The van der Waals surface area contributed by atoms with Gasteiger partial charge in [-0.3, -0.25) is 0 Å². The Bertz CT molecular complexity index is 401. The molecule has 0 aliphatic carbocycles. The predicted molar refractivity (Wildman–Crippen MR) is 51.3 cm³/mol. The van der Waals surface area contributed by atoms with E-state index in [-0.39, 0.29) is 13.2 Å². The molecule has 0 unspecified atom stereocenters.